The SMILES string of the molecule is CCOc1cc(/C=N\NC(=O)c2ccc(F)cc2)cc(Br)c1OCc1cccc(C#N)c1. The highest BCUT2D eigenvalue weighted by molar-refractivity contribution is 9.10. The van der Waals surface area contributed by atoms with Crippen LogP contribution in [0.5, 0.6) is 11.5 Å². The standard InChI is InChI=1S/C24H19BrFN3O3/c1-2-31-22-12-18(14-28-29-24(30)19-6-8-20(26)9-7-19)11-21(25)23(22)32-15-17-5-3-4-16(10-17)13-27/h3-12,14H,2,15H2,1H3,(H,29,30)/b28-14-. The molecule has 0 aliphatic heterocycles. The number of hydrogen-bond acceptors (Lipinski definition) is 5. The normalized spacial score (nSPS) is 10.6. The van der Waals surface area contributed by atoms with Crippen molar-refractivity contribution in [3.8, 4) is 17.6 Å². The monoisotopic (exact) mass is 495 g/mol. The van der Waals surface area contributed by atoms with Crippen LogP contribution in [0.3, 0.4) is 0 Å². The van der Waals surface area contributed by atoms with Crippen LogP contribution in [0.25, 0.3) is 0 Å². The first-order chi connectivity index (χ1) is 15.5. The molecule has 0 spiro atoms. The minimum absolute atomic E-state index is 0.259. The molecule has 0 saturated carbocycles. The maximum absolute atomic E-state index is 13.0. The van der Waals surface area contributed by atoms with Crippen LogP contribution >= 0.6 is 15.9 Å². The van der Waals surface area contributed by atoms with E-state index >= 15 is 0 Å². The summed E-state index contributed by atoms with van der Waals surface area (Å²) in [5.74, 6) is 0.148. The number of carbonyl (C=O) groups is 1. The Kier molecular flexibility index (Phi) is 7.95. The van der Waals surface area contributed by atoms with Crippen molar-refractivity contribution in [2.75, 3.05) is 6.61 Å². The molecule has 0 aliphatic carbocycles. The third-order valence-corrected chi connectivity index (χ3v) is 4.85. The van der Waals surface area contributed by atoms with Crippen LogP contribution in [0.2, 0.25) is 0 Å². The van der Waals surface area contributed by atoms with Crippen LogP contribution in [0, 0.1) is 17.1 Å². The van der Waals surface area contributed by atoms with Gasteiger partial charge in [-0.3, -0.25) is 4.79 Å². The van der Waals surface area contributed by atoms with E-state index in [1.165, 1.54) is 30.5 Å². The van der Waals surface area contributed by atoms with E-state index in [0.29, 0.717) is 39.3 Å². The number of ether oxygens (including phenoxy) is 2. The molecule has 32 heavy (non-hydrogen) atoms. The van der Waals surface area contributed by atoms with E-state index in [2.05, 4.69) is 32.5 Å². The molecule has 0 radical (unpaired) electrons. The number of nitrogens with zero attached hydrogens (tertiary/aromatic N) is 2. The van der Waals surface area contributed by atoms with E-state index in [-0.39, 0.29) is 6.61 Å². The lowest BCUT2D eigenvalue weighted by molar-refractivity contribution is 0.0955. The van der Waals surface area contributed by atoms with Crippen molar-refractivity contribution in [1.29, 1.82) is 5.26 Å². The predicted octanol–water partition coefficient (Wildman–Crippen LogP) is 5.20. The number of nitrogens with one attached hydrogen (secondary N) is 1. The third-order valence-electron chi connectivity index (χ3n) is 4.26. The second-order valence-electron chi connectivity index (χ2n) is 6.57. The largest absolute Gasteiger partial charge is 0.490 e. The van der Waals surface area contributed by atoms with Gasteiger partial charge in [-0.2, -0.15) is 10.4 Å². The maximum atomic E-state index is 13.0. The van der Waals surface area contributed by atoms with Crippen molar-refractivity contribution >= 4 is 28.1 Å². The Morgan fingerprint density at radius 1 is 1.19 bits per heavy atom. The number of benzene rings is 3. The number of hydrogen-bond donors (Lipinski definition) is 1. The third kappa shape index (κ3) is 6.15. The lowest BCUT2D eigenvalue weighted by atomic mass is 10.1. The summed E-state index contributed by atoms with van der Waals surface area (Å²) in [6.45, 7) is 2.54. The van der Waals surface area contributed by atoms with Gasteiger partial charge >= 0.3 is 0 Å². The molecule has 8 heteroatoms. The molecule has 0 atom stereocenters. The van der Waals surface area contributed by atoms with Gasteiger partial charge in [-0.25, -0.2) is 9.82 Å². The molecule has 0 saturated heterocycles. The van der Waals surface area contributed by atoms with Gasteiger partial charge in [0, 0.05) is 5.56 Å². The van der Waals surface area contributed by atoms with E-state index in [4.69, 9.17) is 14.7 Å². The van der Waals surface area contributed by atoms with Gasteiger partial charge in [-0.05, 0) is 82.5 Å². The first-order valence-electron chi connectivity index (χ1n) is 9.67. The van der Waals surface area contributed by atoms with Crippen LogP contribution in [0.1, 0.15) is 34.0 Å². The molecular formula is C24H19BrFN3O3. The van der Waals surface area contributed by atoms with E-state index in [1.54, 1.807) is 30.3 Å². The summed E-state index contributed by atoms with van der Waals surface area (Å²) >= 11 is 3.49. The molecule has 0 bridgehead atoms. The van der Waals surface area contributed by atoms with Gasteiger partial charge in [0.1, 0.15) is 12.4 Å². The zero-order valence-electron chi connectivity index (χ0n) is 17.1. The molecule has 6 nitrogen and oxygen atoms in total. The van der Waals surface area contributed by atoms with Gasteiger partial charge in [-0.1, -0.05) is 12.1 Å². The van der Waals surface area contributed by atoms with E-state index in [0.717, 1.165) is 5.56 Å². The molecule has 1 amide bonds. The van der Waals surface area contributed by atoms with Crippen molar-refractivity contribution in [3.05, 3.63) is 93.2 Å². The molecule has 3 aromatic carbocycles. The van der Waals surface area contributed by atoms with Gasteiger partial charge in [0.15, 0.2) is 11.5 Å². The van der Waals surface area contributed by atoms with Gasteiger partial charge in [0.2, 0.25) is 0 Å². The molecule has 162 valence electrons. The number of amides is 1. The first kappa shape index (κ1) is 23.0. The zero-order chi connectivity index (χ0) is 22.9. The molecule has 3 aromatic rings. The van der Waals surface area contributed by atoms with Crippen molar-refractivity contribution in [2.24, 2.45) is 5.10 Å². The Balaban J connectivity index is 1.72. The smallest absolute Gasteiger partial charge is 0.271 e. The number of nitriles is 1. The average molecular weight is 496 g/mol. The van der Waals surface area contributed by atoms with Crippen molar-refractivity contribution < 1.29 is 18.7 Å². The highest BCUT2D eigenvalue weighted by Gasteiger charge is 2.13. The van der Waals surface area contributed by atoms with Crippen molar-refractivity contribution in [1.82, 2.24) is 5.43 Å². The van der Waals surface area contributed by atoms with E-state index in [1.807, 2.05) is 13.0 Å². The minimum atomic E-state index is -0.454. The fraction of sp³-hybridized carbons (Fsp3) is 0.125. The number of carbonyl (C=O) groups excluding carboxylic acids is 1. The van der Waals surface area contributed by atoms with Crippen LogP contribution in [0.4, 0.5) is 4.39 Å². The fourth-order valence-electron chi connectivity index (χ4n) is 2.78. The summed E-state index contributed by atoms with van der Waals surface area (Å²) < 4.78 is 25.3. The molecule has 0 unspecified atom stereocenters. The molecular weight excluding hydrogens is 477 g/mol. The van der Waals surface area contributed by atoms with Crippen LogP contribution in [-0.4, -0.2) is 18.7 Å². The van der Waals surface area contributed by atoms with E-state index in [9.17, 15) is 9.18 Å². The lowest BCUT2D eigenvalue weighted by Gasteiger charge is -2.15. The highest BCUT2D eigenvalue weighted by Crippen LogP contribution is 2.37. The Labute approximate surface area is 193 Å². The molecule has 0 heterocycles. The Bertz CT molecular complexity index is 1170. The van der Waals surface area contributed by atoms with Gasteiger partial charge < -0.3 is 9.47 Å². The molecule has 1 N–H and O–H groups in total. The molecule has 3 rings (SSSR count). The second-order valence-corrected chi connectivity index (χ2v) is 7.42. The summed E-state index contributed by atoms with van der Waals surface area (Å²) in [5.41, 5.74) is 4.78. The minimum Gasteiger partial charge on any atom is -0.490 e. The van der Waals surface area contributed by atoms with Crippen molar-refractivity contribution in [3.63, 3.8) is 0 Å². The summed E-state index contributed by atoms with van der Waals surface area (Å²) in [7, 11) is 0. The Morgan fingerprint density at radius 2 is 1.97 bits per heavy atom. The van der Waals surface area contributed by atoms with Crippen LogP contribution in [0.15, 0.2) is 70.2 Å². The number of rotatable bonds is 8. The average Bonchev–Trinajstić information content (AvgIpc) is 2.79. The van der Waals surface area contributed by atoms with Crippen LogP contribution in [-0.2, 0) is 6.61 Å². The fourth-order valence-corrected chi connectivity index (χ4v) is 3.36. The number of hydrazone groups is 1. The molecule has 0 aromatic heterocycles. The molecule has 0 fully saturated rings. The Morgan fingerprint density at radius 3 is 2.69 bits per heavy atom. The Hall–Kier alpha value is -3.70. The summed E-state index contributed by atoms with van der Waals surface area (Å²) in [4.78, 5) is 12.1. The highest BCUT2D eigenvalue weighted by atomic mass is 79.9. The molecule has 0 aliphatic rings. The quantitative estimate of drug-likeness (QED) is 0.343. The van der Waals surface area contributed by atoms with Crippen molar-refractivity contribution in [2.45, 2.75) is 13.5 Å². The zero-order valence-corrected chi connectivity index (χ0v) is 18.7. The second kappa shape index (κ2) is 11.1. The predicted molar refractivity (Wildman–Crippen MR) is 122 cm³/mol. The summed E-state index contributed by atoms with van der Waals surface area (Å²) in [5, 5.41) is 13.0. The van der Waals surface area contributed by atoms with Crippen LogP contribution < -0.4 is 14.9 Å². The summed E-state index contributed by atoms with van der Waals surface area (Å²) in [6, 6.07) is 18.0. The van der Waals surface area contributed by atoms with Gasteiger partial charge in [0.05, 0.1) is 28.9 Å². The summed E-state index contributed by atoms with van der Waals surface area (Å²) in [6.07, 6.45) is 1.47. The topological polar surface area (TPSA) is 83.7 Å². The van der Waals surface area contributed by atoms with Gasteiger partial charge in [-0.15, -0.1) is 0 Å². The van der Waals surface area contributed by atoms with Gasteiger partial charge in [0.25, 0.3) is 5.91 Å². The first-order valence-corrected chi connectivity index (χ1v) is 10.5. The maximum Gasteiger partial charge on any atom is 0.271 e. The van der Waals surface area contributed by atoms with E-state index < -0.39 is 11.7 Å². The lowest BCUT2D eigenvalue weighted by Crippen LogP contribution is -2.17. The number of halogens is 2.